The Morgan fingerprint density at radius 2 is 2.12 bits per heavy atom. The van der Waals surface area contributed by atoms with Crippen molar-refractivity contribution in [3.8, 4) is 5.75 Å². The molecule has 0 saturated heterocycles. The van der Waals surface area contributed by atoms with E-state index in [4.69, 9.17) is 0 Å². The molecule has 1 aromatic carbocycles. The molecular formula is C15H22O2. The van der Waals surface area contributed by atoms with E-state index in [1.54, 1.807) is 12.1 Å². The van der Waals surface area contributed by atoms with Gasteiger partial charge in [-0.1, -0.05) is 26.0 Å². The number of aromatic hydroxyl groups is 1. The van der Waals surface area contributed by atoms with Crippen LogP contribution in [0.15, 0.2) is 24.3 Å². The minimum atomic E-state index is -0.597. The highest BCUT2D eigenvalue weighted by molar-refractivity contribution is 5.28. The molecule has 1 saturated carbocycles. The lowest BCUT2D eigenvalue weighted by atomic mass is 9.70. The summed E-state index contributed by atoms with van der Waals surface area (Å²) in [5, 5.41) is 20.2. The van der Waals surface area contributed by atoms with E-state index in [2.05, 4.69) is 13.8 Å². The van der Waals surface area contributed by atoms with Crippen LogP contribution in [0.4, 0.5) is 0 Å². The predicted molar refractivity (Wildman–Crippen MR) is 68.9 cm³/mol. The third-order valence-corrected chi connectivity index (χ3v) is 4.16. The quantitative estimate of drug-likeness (QED) is 0.825. The van der Waals surface area contributed by atoms with Gasteiger partial charge in [-0.05, 0) is 48.8 Å². The zero-order chi connectivity index (χ0) is 12.5. The van der Waals surface area contributed by atoms with Crippen molar-refractivity contribution in [1.29, 1.82) is 0 Å². The molecule has 0 amide bonds. The first kappa shape index (κ1) is 12.4. The molecule has 17 heavy (non-hydrogen) atoms. The van der Waals surface area contributed by atoms with E-state index in [1.807, 2.05) is 12.1 Å². The van der Waals surface area contributed by atoms with Gasteiger partial charge in [-0.2, -0.15) is 0 Å². The number of hydrogen-bond acceptors (Lipinski definition) is 2. The topological polar surface area (TPSA) is 40.5 Å². The Balaban J connectivity index is 2.11. The van der Waals surface area contributed by atoms with Crippen LogP contribution in [0.3, 0.4) is 0 Å². The minimum absolute atomic E-state index is 0.280. The summed E-state index contributed by atoms with van der Waals surface area (Å²) in [4.78, 5) is 0. The summed E-state index contributed by atoms with van der Waals surface area (Å²) in [5.41, 5.74) is 0.425. The molecule has 1 aliphatic rings. The average molecular weight is 234 g/mol. The van der Waals surface area contributed by atoms with Crippen LogP contribution in [0.1, 0.15) is 38.7 Å². The second-order valence-electron chi connectivity index (χ2n) is 5.73. The van der Waals surface area contributed by atoms with Gasteiger partial charge < -0.3 is 10.2 Å². The van der Waals surface area contributed by atoms with Crippen LogP contribution in [0, 0.1) is 11.8 Å². The molecule has 0 spiro atoms. The summed E-state index contributed by atoms with van der Waals surface area (Å²) in [6.45, 7) is 4.39. The fourth-order valence-corrected chi connectivity index (χ4v) is 2.97. The van der Waals surface area contributed by atoms with Gasteiger partial charge in [0.1, 0.15) is 5.75 Å². The highest BCUT2D eigenvalue weighted by Gasteiger charge is 2.38. The van der Waals surface area contributed by atoms with Gasteiger partial charge in [0.05, 0.1) is 5.60 Å². The van der Waals surface area contributed by atoms with Gasteiger partial charge in [0.15, 0.2) is 0 Å². The van der Waals surface area contributed by atoms with Gasteiger partial charge in [-0.25, -0.2) is 0 Å². The molecule has 2 nitrogen and oxygen atoms in total. The summed E-state index contributed by atoms with van der Waals surface area (Å²) in [7, 11) is 0. The Hall–Kier alpha value is -1.02. The van der Waals surface area contributed by atoms with Crippen LogP contribution in [-0.2, 0) is 6.42 Å². The van der Waals surface area contributed by atoms with E-state index in [0.717, 1.165) is 30.7 Å². The third-order valence-electron chi connectivity index (χ3n) is 4.16. The van der Waals surface area contributed by atoms with Crippen molar-refractivity contribution in [3.05, 3.63) is 29.8 Å². The molecule has 0 heterocycles. The van der Waals surface area contributed by atoms with Crippen LogP contribution < -0.4 is 0 Å². The van der Waals surface area contributed by atoms with Gasteiger partial charge in [0.2, 0.25) is 0 Å². The highest BCUT2D eigenvalue weighted by Crippen LogP contribution is 2.39. The smallest absolute Gasteiger partial charge is 0.115 e. The van der Waals surface area contributed by atoms with Crippen molar-refractivity contribution in [1.82, 2.24) is 0 Å². The molecule has 2 heteroatoms. The van der Waals surface area contributed by atoms with E-state index >= 15 is 0 Å². The lowest BCUT2D eigenvalue weighted by molar-refractivity contribution is -0.0522. The van der Waals surface area contributed by atoms with Crippen molar-refractivity contribution < 1.29 is 10.2 Å². The molecule has 94 valence electrons. The molecule has 0 radical (unpaired) electrons. The van der Waals surface area contributed by atoms with E-state index in [0.29, 0.717) is 12.3 Å². The Bertz CT molecular complexity index is 388. The minimum Gasteiger partial charge on any atom is -0.508 e. The molecule has 1 aliphatic carbocycles. The van der Waals surface area contributed by atoms with Crippen LogP contribution in [0.2, 0.25) is 0 Å². The Kier molecular flexibility index (Phi) is 3.43. The summed E-state index contributed by atoms with van der Waals surface area (Å²) < 4.78 is 0. The van der Waals surface area contributed by atoms with Gasteiger partial charge in [-0.3, -0.25) is 0 Å². The van der Waals surface area contributed by atoms with Crippen molar-refractivity contribution in [2.24, 2.45) is 11.8 Å². The van der Waals surface area contributed by atoms with Crippen LogP contribution in [-0.4, -0.2) is 15.8 Å². The number of benzene rings is 1. The number of phenols is 1. The Morgan fingerprint density at radius 3 is 2.76 bits per heavy atom. The van der Waals surface area contributed by atoms with Gasteiger partial charge >= 0.3 is 0 Å². The average Bonchev–Trinajstić information content (AvgIpc) is 2.25. The van der Waals surface area contributed by atoms with Crippen molar-refractivity contribution in [2.45, 2.75) is 45.1 Å². The third kappa shape index (κ3) is 2.81. The summed E-state index contributed by atoms with van der Waals surface area (Å²) >= 11 is 0. The molecule has 2 N–H and O–H groups in total. The number of rotatable bonds is 2. The van der Waals surface area contributed by atoms with Crippen LogP contribution >= 0.6 is 0 Å². The van der Waals surface area contributed by atoms with E-state index in [-0.39, 0.29) is 5.75 Å². The van der Waals surface area contributed by atoms with Crippen molar-refractivity contribution in [2.75, 3.05) is 0 Å². The monoisotopic (exact) mass is 234 g/mol. The molecule has 3 atom stereocenters. The largest absolute Gasteiger partial charge is 0.508 e. The summed E-state index contributed by atoms with van der Waals surface area (Å²) in [6, 6.07) is 7.23. The lowest BCUT2D eigenvalue weighted by Crippen LogP contribution is -2.43. The molecular weight excluding hydrogens is 212 g/mol. The van der Waals surface area contributed by atoms with E-state index in [9.17, 15) is 10.2 Å². The maximum Gasteiger partial charge on any atom is 0.115 e. The van der Waals surface area contributed by atoms with E-state index in [1.165, 1.54) is 0 Å². The van der Waals surface area contributed by atoms with Crippen molar-refractivity contribution >= 4 is 0 Å². The van der Waals surface area contributed by atoms with Gasteiger partial charge in [0, 0.05) is 6.42 Å². The van der Waals surface area contributed by atoms with E-state index < -0.39 is 5.60 Å². The molecule has 1 aromatic rings. The molecule has 2 rings (SSSR count). The normalized spacial score (nSPS) is 33.6. The molecule has 0 aliphatic heterocycles. The first-order valence-corrected chi connectivity index (χ1v) is 6.50. The first-order chi connectivity index (χ1) is 7.99. The number of phenolic OH excluding ortho intramolecular Hbond substituents is 1. The molecule has 0 bridgehead atoms. The van der Waals surface area contributed by atoms with Crippen molar-refractivity contribution in [3.63, 3.8) is 0 Å². The number of hydrogen-bond donors (Lipinski definition) is 2. The Morgan fingerprint density at radius 1 is 1.35 bits per heavy atom. The molecule has 3 unspecified atom stereocenters. The predicted octanol–water partition coefficient (Wildman–Crippen LogP) is 3.12. The Labute approximate surface area is 103 Å². The summed E-state index contributed by atoms with van der Waals surface area (Å²) in [5.74, 6) is 1.32. The van der Waals surface area contributed by atoms with Gasteiger partial charge in [0.25, 0.3) is 0 Å². The second-order valence-corrected chi connectivity index (χ2v) is 5.73. The molecule has 0 aromatic heterocycles. The summed E-state index contributed by atoms with van der Waals surface area (Å²) in [6.07, 6.45) is 3.70. The maximum atomic E-state index is 10.7. The fraction of sp³-hybridized carbons (Fsp3) is 0.600. The SMILES string of the molecule is CC1CCC(O)(Cc2cccc(O)c2)C(C)C1. The second kappa shape index (κ2) is 4.69. The zero-order valence-electron chi connectivity index (χ0n) is 10.7. The van der Waals surface area contributed by atoms with Gasteiger partial charge in [-0.15, -0.1) is 0 Å². The lowest BCUT2D eigenvalue weighted by Gasteiger charge is -2.41. The first-order valence-electron chi connectivity index (χ1n) is 6.50. The standard InChI is InChI=1S/C15H22O2/c1-11-6-7-15(17,12(2)8-11)10-13-4-3-5-14(16)9-13/h3-5,9,11-12,16-17H,6-8,10H2,1-2H3. The number of aliphatic hydroxyl groups is 1. The van der Waals surface area contributed by atoms with Crippen LogP contribution in [0.25, 0.3) is 0 Å². The molecule has 1 fully saturated rings. The van der Waals surface area contributed by atoms with Crippen LogP contribution in [0.5, 0.6) is 5.75 Å². The zero-order valence-corrected chi connectivity index (χ0v) is 10.7. The highest BCUT2D eigenvalue weighted by atomic mass is 16.3. The maximum absolute atomic E-state index is 10.7. The fourth-order valence-electron chi connectivity index (χ4n) is 2.97.